The number of nitrogens with two attached hydrogens (primary N) is 1. The van der Waals surface area contributed by atoms with E-state index in [1.807, 2.05) is 19.1 Å². The Bertz CT molecular complexity index is 510. The molecule has 2 aliphatic rings. The van der Waals surface area contributed by atoms with Gasteiger partial charge in [0.25, 0.3) is 0 Å². The summed E-state index contributed by atoms with van der Waals surface area (Å²) in [4.78, 5) is 13.9. The highest BCUT2D eigenvalue weighted by atomic mass is 16.5. The summed E-state index contributed by atoms with van der Waals surface area (Å²) in [6.07, 6.45) is 2.49. The Morgan fingerprint density at radius 2 is 2.15 bits per heavy atom. The lowest BCUT2D eigenvalue weighted by Crippen LogP contribution is -2.37. The zero-order valence-electron chi connectivity index (χ0n) is 11.8. The topological polar surface area (TPSA) is 67.6 Å². The van der Waals surface area contributed by atoms with E-state index in [0.717, 1.165) is 49.5 Å². The number of anilines is 2. The molecule has 0 saturated carbocycles. The van der Waals surface area contributed by atoms with E-state index in [2.05, 4.69) is 16.3 Å². The first-order valence-electron chi connectivity index (χ1n) is 7.26. The lowest BCUT2D eigenvalue weighted by atomic mass is 10.0. The lowest BCUT2D eigenvalue weighted by Gasteiger charge is -2.33. The van der Waals surface area contributed by atoms with Crippen LogP contribution in [0.25, 0.3) is 0 Å². The number of carbonyl (C=O) groups excluding carboxylic acids is 1. The van der Waals surface area contributed by atoms with Crippen molar-refractivity contribution in [1.82, 2.24) is 0 Å². The van der Waals surface area contributed by atoms with Gasteiger partial charge in [-0.2, -0.15) is 0 Å². The number of benzene rings is 1. The third-order valence-corrected chi connectivity index (χ3v) is 4.12. The molecule has 1 atom stereocenters. The van der Waals surface area contributed by atoms with Crippen LogP contribution in [0.3, 0.4) is 0 Å². The average molecular weight is 275 g/mol. The van der Waals surface area contributed by atoms with Crippen molar-refractivity contribution in [3.05, 3.63) is 23.8 Å². The molecule has 1 unspecified atom stereocenters. The summed E-state index contributed by atoms with van der Waals surface area (Å²) in [5.74, 6) is -0.118. The second-order valence-electron chi connectivity index (χ2n) is 5.38. The third kappa shape index (κ3) is 2.39. The Hall–Kier alpha value is -1.59. The van der Waals surface area contributed by atoms with Crippen LogP contribution in [-0.4, -0.2) is 31.7 Å². The van der Waals surface area contributed by atoms with Gasteiger partial charge in [-0.15, -0.1) is 0 Å². The molecule has 3 N–H and O–H groups in total. The van der Waals surface area contributed by atoms with Crippen molar-refractivity contribution in [2.24, 2.45) is 5.73 Å². The van der Waals surface area contributed by atoms with E-state index >= 15 is 0 Å². The number of hydrogen-bond donors (Lipinski definition) is 2. The molecule has 108 valence electrons. The molecule has 0 aliphatic carbocycles. The van der Waals surface area contributed by atoms with Gasteiger partial charge < -0.3 is 20.7 Å². The maximum atomic E-state index is 11.6. The van der Waals surface area contributed by atoms with Crippen molar-refractivity contribution in [3.63, 3.8) is 0 Å². The molecular formula is C15H21N3O2. The predicted molar refractivity (Wildman–Crippen MR) is 78.9 cm³/mol. The van der Waals surface area contributed by atoms with Gasteiger partial charge in [0.05, 0.1) is 6.10 Å². The molecule has 5 nitrogen and oxygen atoms in total. The molecule has 1 aromatic carbocycles. The molecule has 0 aromatic heterocycles. The Balaban J connectivity index is 1.71. The van der Waals surface area contributed by atoms with Crippen LogP contribution in [-0.2, 0) is 9.53 Å². The number of amides is 1. The van der Waals surface area contributed by atoms with Crippen molar-refractivity contribution >= 4 is 17.3 Å². The average Bonchev–Trinajstić information content (AvgIpc) is 2.75. The van der Waals surface area contributed by atoms with E-state index in [0.29, 0.717) is 6.10 Å². The molecule has 2 aliphatic heterocycles. The number of fused-ring (bicyclic) bond motifs is 1. The summed E-state index contributed by atoms with van der Waals surface area (Å²) in [7, 11) is 0. The maximum Gasteiger partial charge on any atom is 0.245 e. The summed E-state index contributed by atoms with van der Waals surface area (Å²) in [6, 6.07) is 5.52. The second kappa shape index (κ2) is 5.42. The van der Waals surface area contributed by atoms with E-state index in [4.69, 9.17) is 10.5 Å². The smallest absolute Gasteiger partial charge is 0.245 e. The fourth-order valence-corrected chi connectivity index (χ4v) is 2.99. The van der Waals surface area contributed by atoms with Crippen molar-refractivity contribution in [2.75, 3.05) is 29.9 Å². The molecule has 1 aromatic rings. The molecule has 0 spiro atoms. The Labute approximate surface area is 119 Å². The molecule has 0 radical (unpaired) electrons. The van der Waals surface area contributed by atoms with Crippen molar-refractivity contribution in [2.45, 2.75) is 31.9 Å². The molecule has 20 heavy (non-hydrogen) atoms. The predicted octanol–water partition coefficient (Wildman–Crippen LogP) is 1.64. The molecule has 1 amide bonds. The number of ether oxygens (including phenoxy) is 1. The van der Waals surface area contributed by atoms with Gasteiger partial charge in [-0.25, -0.2) is 0 Å². The van der Waals surface area contributed by atoms with Crippen LogP contribution >= 0.6 is 0 Å². The van der Waals surface area contributed by atoms with Crippen molar-refractivity contribution < 1.29 is 9.53 Å². The molecule has 1 fully saturated rings. The summed E-state index contributed by atoms with van der Waals surface area (Å²) < 4.78 is 5.67. The number of rotatable bonds is 3. The number of carbonyl (C=O) groups is 1. The van der Waals surface area contributed by atoms with Crippen molar-refractivity contribution in [3.8, 4) is 0 Å². The zero-order valence-corrected chi connectivity index (χ0v) is 11.8. The van der Waals surface area contributed by atoms with E-state index in [1.165, 1.54) is 0 Å². The number of hydrogen-bond acceptors (Lipinski definition) is 4. The highest BCUT2D eigenvalue weighted by molar-refractivity contribution is 6.02. The Morgan fingerprint density at radius 3 is 2.85 bits per heavy atom. The van der Waals surface area contributed by atoms with Gasteiger partial charge in [0, 0.05) is 36.6 Å². The van der Waals surface area contributed by atoms with Crippen LogP contribution in [0.1, 0.15) is 31.4 Å². The molecule has 5 heteroatoms. The molecule has 2 heterocycles. The van der Waals surface area contributed by atoms with Crippen LogP contribution in [0, 0.1) is 0 Å². The normalized spacial score (nSPS) is 22.8. The number of nitrogens with zero attached hydrogens (tertiary/aromatic N) is 1. The van der Waals surface area contributed by atoms with Gasteiger partial charge in [-0.05, 0) is 31.9 Å². The van der Waals surface area contributed by atoms with Crippen LogP contribution in [0.15, 0.2) is 18.2 Å². The number of nitrogens with one attached hydrogen (secondary N) is 1. The van der Waals surface area contributed by atoms with Gasteiger partial charge >= 0.3 is 0 Å². The van der Waals surface area contributed by atoms with Crippen LogP contribution < -0.4 is 16.0 Å². The minimum absolute atomic E-state index is 0.118. The summed E-state index contributed by atoms with van der Waals surface area (Å²) in [6.45, 7) is 4.80. The highest BCUT2D eigenvalue weighted by Crippen LogP contribution is 2.33. The Morgan fingerprint density at radius 1 is 1.40 bits per heavy atom. The summed E-state index contributed by atoms with van der Waals surface area (Å²) in [5, 5.41) is 2.84. The quantitative estimate of drug-likeness (QED) is 0.880. The van der Waals surface area contributed by atoms with E-state index in [9.17, 15) is 4.79 Å². The van der Waals surface area contributed by atoms with Gasteiger partial charge in [0.15, 0.2) is 0 Å². The summed E-state index contributed by atoms with van der Waals surface area (Å²) in [5.41, 5.74) is 8.72. The van der Waals surface area contributed by atoms with E-state index in [1.54, 1.807) is 0 Å². The van der Waals surface area contributed by atoms with Gasteiger partial charge in [-0.1, -0.05) is 6.07 Å². The summed E-state index contributed by atoms with van der Waals surface area (Å²) >= 11 is 0. The fraction of sp³-hybridized carbons (Fsp3) is 0.533. The SMILES string of the molecule is CCOC1CCN(c2ccc3c(c2)NC(=O)C3N)CC1. The molecule has 0 bridgehead atoms. The van der Waals surface area contributed by atoms with Crippen LogP contribution in [0.5, 0.6) is 0 Å². The highest BCUT2D eigenvalue weighted by Gasteiger charge is 2.28. The minimum Gasteiger partial charge on any atom is -0.378 e. The van der Waals surface area contributed by atoms with E-state index < -0.39 is 6.04 Å². The lowest BCUT2D eigenvalue weighted by molar-refractivity contribution is -0.116. The van der Waals surface area contributed by atoms with Crippen LogP contribution in [0.4, 0.5) is 11.4 Å². The van der Waals surface area contributed by atoms with Gasteiger partial charge in [-0.3, -0.25) is 4.79 Å². The molecule has 3 rings (SSSR count). The van der Waals surface area contributed by atoms with Crippen molar-refractivity contribution in [1.29, 1.82) is 0 Å². The minimum atomic E-state index is -0.525. The number of piperidine rings is 1. The first-order chi connectivity index (χ1) is 9.69. The monoisotopic (exact) mass is 275 g/mol. The van der Waals surface area contributed by atoms with Crippen LogP contribution in [0.2, 0.25) is 0 Å². The second-order valence-corrected chi connectivity index (χ2v) is 5.38. The van der Waals surface area contributed by atoms with Gasteiger partial charge in [0.2, 0.25) is 5.91 Å². The van der Waals surface area contributed by atoms with Gasteiger partial charge in [0.1, 0.15) is 6.04 Å². The standard InChI is InChI=1S/C15H21N3O2/c1-2-20-11-5-7-18(8-6-11)10-3-4-12-13(9-10)17-15(19)14(12)16/h3-4,9,11,14H,2,5-8,16H2,1H3,(H,17,19). The third-order valence-electron chi connectivity index (χ3n) is 4.12. The zero-order chi connectivity index (χ0) is 14.1. The largest absolute Gasteiger partial charge is 0.378 e. The maximum absolute atomic E-state index is 11.6. The molecular weight excluding hydrogens is 254 g/mol. The first-order valence-corrected chi connectivity index (χ1v) is 7.26. The first kappa shape index (κ1) is 13.4. The van der Waals surface area contributed by atoms with E-state index in [-0.39, 0.29) is 5.91 Å². The Kier molecular flexibility index (Phi) is 3.63. The molecule has 1 saturated heterocycles. The fourth-order valence-electron chi connectivity index (χ4n) is 2.99.